The summed E-state index contributed by atoms with van der Waals surface area (Å²) < 4.78 is 0. The van der Waals surface area contributed by atoms with Crippen molar-refractivity contribution in [3.8, 4) is 11.3 Å². The van der Waals surface area contributed by atoms with E-state index in [1.54, 1.807) is 6.20 Å². The Morgan fingerprint density at radius 2 is 1.79 bits per heavy atom. The summed E-state index contributed by atoms with van der Waals surface area (Å²) in [6, 6.07) is 18.2. The SMILES string of the molecule is C=C(C)Nc1ccc(-c2ccnc(Nc3cccc(N4CCN(C(=O)CC)CC4)c3)n2)cc1. The van der Waals surface area contributed by atoms with Gasteiger partial charge in [-0.05, 0) is 43.3 Å². The third-order valence-electron chi connectivity index (χ3n) is 5.60. The highest BCUT2D eigenvalue weighted by molar-refractivity contribution is 5.76. The van der Waals surface area contributed by atoms with Crippen LogP contribution in [0.1, 0.15) is 20.3 Å². The Balaban J connectivity index is 1.44. The Bertz CT molecular complexity index is 1120. The zero-order valence-electron chi connectivity index (χ0n) is 19.2. The molecule has 0 aliphatic carbocycles. The number of amides is 1. The highest BCUT2D eigenvalue weighted by Gasteiger charge is 2.20. The van der Waals surface area contributed by atoms with Crippen LogP contribution in [0.25, 0.3) is 11.3 Å². The molecule has 0 radical (unpaired) electrons. The lowest BCUT2D eigenvalue weighted by Crippen LogP contribution is -2.48. The number of allylic oxidation sites excluding steroid dienone is 1. The number of hydrogen-bond donors (Lipinski definition) is 2. The predicted molar refractivity (Wildman–Crippen MR) is 135 cm³/mol. The summed E-state index contributed by atoms with van der Waals surface area (Å²) in [6.07, 6.45) is 2.33. The number of benzene rings is 2. The lowest BCUT2D eigenvalue weighted by atomic mass is 10.1. The molecular weight excluding hydrogens is 412 g/mol. The van der Waals surface area contributed by atoms with Crippen LogP contribution in [-0.2, 0) is 4.79 Å². The molecule has 33 heavy (non-hydrogen) atoms. The van der Waals surface area contributed by atoms with E-state index in [2.05, 4.69) is 39.2 Å². The van der Waals surface area contributed by atoms with Crippen LogP contribution >= 0.6 is 0 Å². The summed E-state index contributed by atoms with van der Waals surface area (Å²) in [5, 5.41) is 6.54. The lowest BCUT2D eigenvalue weighted by molar-refractivity contribution is -0.131. The Hall–Kier alpha value is -3.87. The summed E-state index contributed by atoms with van der Waals surface area (Å²) in [5.74, 6) is 0.774. The van der Waals surface area contributed by atoms with Crippen molar-refractivity contribution in [3.63, 3.8) is 0 Å². The molecule has 1 aliphatic rings. The molecule has 0 atom stereocenters. The van der Waals surface area contributed by atoms with E-state index < -0.39 is 0 Å². The molecule has 7 heteroatoms. The number of piperazine rings is 1. The second-order valence-electron chi connectivity index (χ2n) is 8.14. The van der Waals surface area contributed by atoms with Crippen LogP contribution in [0.5, 0.6) is 0 Å². The van der Waals surface area contributed by atoms with E-state index in [9.17, 15) is 4.79 Å². The fourth-order valence-corrected chi connectivity index (χ4v) is 3.90. The first-order valence-electron chi connectivity index (χ1n) is 11.3. The molecule has 170 valence electrons. The number of nitrogens with one attached hydrogen (secondary N) is 2. The number of carbonyl (C=O) groups is 1. The van der Waals surface area contributed by atoms with E-state index in [1.165, 1.54) is 0 Å². The highest BCUT2D eigenvalue weighted by Crippen LogP contribution is 2.25. The molecule has 0 spiro atoms. The molecular formula is C26H30N6O. The molecule has 2 N–H and O–H groups in total. The van der Waals surface area contributed by atoms with Crippen molar-refractivity contribution in [2.45, 2.75) is 20.3 Å². The van der Waals surface area contributed by atoms with Crippen LogP contribution in [0.4, 0.5) is 23.0 Å². The van der Waals surface area contributed by atoms with Crippen molar-refractivity contribution >= 4 is 28.9 Å². The zero-order chi connectivity index (χ0) is 23.2. The van der Waals surface area contributed by atoms with Gasteiger partial charge in [0.2, 0.25) is 11.9 Å². The van der Waals surface area contributed by atoms with Gasteiger partial charge in [-0.25, -0.2) is 9.97 Å². The van der Waals surface area contributed by atoms with E-state index in [1.807, 2.05) is 61.2 Å². The van der Waals surface area contributed by atoms with Crippen molar-refractivity contribution in [1.82, 2.24) is 14.9 Å². The number of aromatic nitrogens is 2. The summed E-state index contributed by atoms with van der Waals surface area (Å²) >= 11 is 0. The normalized spacial score (nSPS) is 13.5. The molecule has 2 heterocycles. The molecule has 1 aliphatic heterocycles. The van der Waals surface area contributed by atoms with Crippen LogP contribution in [0.15, 0.2) is 73.1 Å². The molecule has 3 aromatic rings. The van der Waals surface area contributed by atoms with Gasteiger partial charge in [-0.2, -0.15) is 0 Å². The van der Waals surface area contributed by atoms with E-state index >= 15 is 0 Å². The van der Waals surface area contributed by atoms with Gasteiger partial charge >= 0.3 is 0 Å². The molecule has 0 saturated carbocycles. The number of anilines is 4. The van der Waals surface area contributed by atoms with Crippen LogP contribution in [-0.4, -0.2) is 47.0 Å². The van der Waals surface area contributed by atoms with Gasteiger partial charge in [0.25, 0.3) is 0 Å². The summed E-state index contributed by atoms with van der Waals surface area (Å²) in [7, 11) is 0. The molecule has 1 aromatic heterocycles. The lowest BCUT2D eigenvalue weighted by Gasteiger charge is -2.36. The van der Waals surface area contributed by atoms with E-state index in [0.717, 1.165) is 60.2 Å². The first-order chi connectivity index (χ1) is 16.0. The van der Waals surface area contributed by atoms with Gasteiger partial charge in [0, 0.05) is 67.1 Å². The largest absolute Gasteiger partial charge is 0.368 e. The standard InChI is InChI=1S/C26H30N6O/c1-4-25(33)32-16-14-31(15-17-32)23-7-5-6-22(18-23)29-26-27-13-12-24(30-26)20-8-10-21(11-9-20)28-19(2)3/h5-13,18,28H,2,4,14-17H2,1,3H3,(H,27,29,30). The van der Waals surface area contributed by atoms with Crippen LogP contribution in [0.3, 0.4) is 0 Å². The fourth-order valence-electron chi connectivity index (χ4n) is 3.90. The smallest absolute Gasteiger partial charge is 0.227 e. The predicted octanol–water partition coefficient (Wildman–Crippen LogP) is 4.89. The third kappa shape index (κ3) is 5.68. The minimum absolute atomic E-state index is 0.226. The van der Waals surface area contributed by atoms with Gasteiger partial charge in [0.15, 0.2) is 0 Å². The second-order valence-corrected chi connectivity index (χ2v) is 8.14. The highest BCUT2D eigenvalue weighted by atomic mass is 16.2. The molecule has 7 nitrogen and oxygen atoms in total. The number of nitrogens with zero attached hydrogens (tertiary/aromatic N) is 4. The van der Waals surface area contributed by atoms with E-state index in [0.29, 0.717) is 12.4 Å². The maximum absolute atomic E-state index is 11.9. The van der Waals surface area contributed by atoms with Crippen molar-refractivity contribution < 1.29 is 4.79 Å². The summed E-state index contributed by atoms with van der Waals surface area (Å²) in [6.45, 7) is 10.9. The third-order valence-corrected chi connectivity index (χ3v) is 5.60. The second kappa shape index (κ2) is 10.2. The number of hydrogen-bond acceptors (Lipinski definition) is 6. The van der Waals surface area contributed by atoms with Crippen molar-refractivity contribution in [1.29, 1.82) is 0 Å². The van der Waals surface area contributed by atoms with Crippen LogP contribution in [0.2, 0.25) is 0 Å². The van der Waals surface area contributed by atoms with Gasteiger partial charge in [0.1, 0.15) is 0 Å². The Morgan fingerprint density at radius 3 is 2.48 bits per heavy atom. The first kappa shape index (κ1) is 22.3. The van der Waals surface area contributed by atoms with Crippen molar-refractivity contribution in [3.05, 3.63) is 73.1 Å². The van der Waals surface area contributed by atoms with Gasteiger partial charge in [-0.3, -0.25) is 4.79 Å². The van der Waals surface area contributed by atoms with Crippen molar-refractivity contribution in [2.75, 3.05) is 41.7 Å². The zero-order valence-corrected chi connectivity index (χ0v) is 19.2. The minimum Gasteiger partial charge on any atom is -0.368 e. The monoisotopic (exact) mass is 442 g/mol. The van der Waals surface area contributed by atoms with Crippen LogP contribution < -0.4 is 15.5 Å². The maximum Gasteiger partial charge on any atom is 0.227 e. The maximum atomic E-state index is 11.9. The molecule has 4 rings (SSSR count). The number of carbonyl (C=O) groups excluding carboxylic acids is 1. The Labute approximate surface area is 195 Å². The molecule has 1 amide bonds. The Kier molecular flexibility index (Phi) is 6.88. The topological polar surface area (TPSA) is 73.4 Å². The van der Waals surface area contributed by atoms with Crippen LogP contribution in [0, 0.1) is 0 Å². The van der Waals surface area contributed by atoms with E-state index in [4.69, 9.17) is 4.98 Å². The Morgan fingerprint density at radius 1 is 1.03 bits per heavy atom. The summed E-state index contributed by atoms with van der Waals surface area (Å²) in [4.78, 5) is 25.3. The summed E-state index contributed by atoms with van der Waals surface area (Å²) in [5.41, 5.74) is 5.81. The van der Waals surface area contributed by atoms with Gasteiger partial charge in [-0.15, -0.1) is 0 Å². The molecule has 1 fully saturated rings. The molecule has 0 unspecified atom stereocenters. The number of rotatable bonds is 7. The molecule has 1 saturated heterocycles. The van der Waals surface area contributed by atoms with Gasteiger partial charge in [-0.1, -0.05) is 31.7 Å². The molecule has 0 bridgehead atoms. The van der Waals surface area contributed by atoms with Gasteiger partial charge in [0.05, 0.1) is 5.69 Å². The average Bonchev–Trinajstić information content (AvgIpc) is 2.84. The van der Waals surface area contributed by atoms with Gasteiger partial charge < -0.3 is 20.4 Å². The molecule has 2 aromatic carbocycles. The minimum atomic E-state index is 0.226. The average molecular weight is 443 g/mol. The fraction of sp³-hybridized carbons (Fsp3) is 0.269. The first-order valence-corrected chi connectivity index (χ1v) is 11.3. The van der Waals surface area contributed by atoms with Crippen molar-refractivity contribution in [2.24, 2.45) is 0 Å². The van der Waals surface area contributed by atoms with E-state index in [-0.39, 0.29) is 5.91 Å². The quantitative estimate of drug-likeness (QED) is 0.543.